The van der Waals surface area contributed by atoms with Crippen LogP contribution in [0.5, 0.6) is 0 Å². The second-order valence-corrected chi connectivity index (χ2v) is 7.23. The van der Waals surface area contributed by atoms with Crippen LogP contribution in [0.25, 0.3) is 5.69 Å². The molecule has 0 aliphatic carbocycles. The fourth-order valence-electron chi connectivity index (χ4n) is 3.18. The number of methoxy groups -OCH3 is 1. The van der Waals surface area contributed by atoms with Gasteiger partial charge in [-0.2, -0.15) is 5.10 Å². The van der Waals surface area contributed by atoms with Crippen LogP contribution >= 0.6 is 11.6 Å². The van der Waals surface area contributed by atoms with Gasteiger partial charge < -0.3 is 9.30 Å². The molecule has 7 heteroatoms. The van der Waals surface area contributed by atoms with Gasteiger partial charge >= 0.3 is 5.97 Å². The largest absolute Gasteiger partial charge is 0.465 e. The maximum absolute atomic E-state index is 12.1. The Labute approximate surface area is 180 Å². The van der Waals surface area contributed by atoms with E-state index in [0.717, 1.165) is 28.2 Å². The number of benzene rings is 2. The van der Waals surface area contributed by atoms with Crippen LogP contribution in [0.15, 0.2) is 59.7 Å². The zero-order valence-electron chi connectivity index (χ0n) is 17.0. The molecule has 30 heavy (non-hydrogen) atoms. The number of amides is 1. The molecule has 0 spiro atoms. The predicted octanol–water partition coefficient (Wildman–Crippen LogP) is 4.23. The number of nitrogens with one attached hydrogen (secondary N) is 1. The zero-order chi connectivity index (χ0) is 21.7. The van der Waals surface area contributed by atoms with Crippen molar-refractivity contribution in [1.82, 2.24) is 9.99 Å². The molecule has 0 aliphatic rings. The number of halogens is 1. The first-order valence-electron chi connectivity index (χ1n) is 9.33. The third-order valence-electron chi connectivity index (χ3n) is 4.69. The van der Waals surface area contributed by atoms with Crippen molar-refractivity contribution in [3.05, 3.63) is 87.7 Å². The van der Waals surface area contributed by atoms with Crippen LogP contribution in [0.1, 0.15) is 32.9 Å². The SMILES string of the molecule is COC(=O)c1ccc(-n2c(C)cc(/C=N\NC(=O)Cc3ccc(Cl)cc3)c2C)cc1. The Balaban J connectivity index is 1.69. The lowest BCUT2D eigenvalue weighted by molar-refractivity contribution is -0.120. The second kappa shape index (κ2) is 9.41. The first-order valence-corrected chi connectivity index (χ1v) is 9.71. The normalized spacial score (nSPS) is 10.9. The summed E-state index contributed by atoms with van der Waals surface area (Å²) in [5.74, 6) is -0.578. The summed E-state index contributed by atoms with van der Waals surface area (Å²) in [5, 5.41) is 4.72. The molecular formula is C23H22ClN3O3. The van der Waals surface area contributed by atoms with Crippen LogP contribution in [0, 0.1) is 13.8 Å². The third kappa shape index (κ3) is 4.96. The van der Waals surface area contributed by atoms with E-state index in [1.807, 2.05) is 44.2 Å². The van der Waals surface area contributed by atoms with Gasteiger partial charge in [0, 0.05) is 27.7 Å². The number of hydrogen-bond donors (Lipinski definition) is 1. The molecule has 1 N–H and O–H groups in total. The number of ether oxygens (including phenoxy) is 1. The highest BCUT2D eigenvalue weighted by Gasteiger charge is 2.11. The summed E-state index contributed by atoms with van der Waals surface area (Å²) in [6.07, 6.45) is 1.85. The lowest BCUT2D eigenvalue weighted by Crippen LogP contribution is -2.19. The Morgan fingerprint density at radius 1 is 1.10 bits per heavy atom. The Bertz CT molecular complexity index is 1080. The lowest BCUT2D eigenvalue weighted by atomic mass is 10.1. The van der Waals surface area contributed by atoms with Crippen molar-refractivity contribution in [3.63, 3.8) is 0 Å². The molecule has 0 bridgehead atoms. The lowest BCUT2D eigenvalue weighted by Gasteiger charge is -2.10. The molecule has 0 aliphatic heterocycles. The van der Waals surface area contributed by atoms with Crippen molar-refractivity contribution in [3.8, 4) is 5.69 Å². The summed E-state index contributed by atoms with van der Waals surface area (Å²) in [6.45, 7) is 3.95. The first kappa shape index (κ1) is 21.3. The van der Waals surface area contributed by atoms with Crippen molar-refractivity contribution in [2.45, 2.75) is 20.3 Å². The number of aryl methyl sites for hydroxylation is 1. The molecule has 0 radical (unpaired) electrons. The average Bonchev–Trinajstić information content (AvgIpc) is 3.02. The molecule has 3 rings (SSSR count). The molecule has 154 valence electrons. The van der Waals surface area contributed by atoms with E-state index in [9.17, 15) is 9.59 Å². The Morgan fingerprint density at radius 3 is 2.40 bits per heavy atom. The van der Waals surface area contributed by atoms with Gasteiger partial charge in [-0.1, -0.05) is 23.7 Å². The minimum absolute atomic E-state index is 0.208. The first-order chi connectivity index (χ1) is 14.4. The Hall–Kier alpha value is -3.38. The second-order valence-electron chi connectivity index (χ2n) is 6.80. The van der Waals surface area contributed by atoms with Crippen molar-refractivity contribution in [1.29, 1.82) is 0 Å². The van der Waals surface area contributed by atoms with Gasteiger partial charge in [0.2, 0.25) is 5.91 Å². The molecule has 0 fully saturated rings. The predicted molar refractivity (Wildman–Crippen MR) is 117 cm³/mol. The summed E-state index contributed by atoms with van der Waals surface area (Å²) >= 11 is 5.86. The smallest absolute Gasteiger partial charge is 0.337 e. The quantitative estimate of drug-likeness (QED) is 0.366. The van der Waals surface area contributed by atoms with Gasteiger partial charge in [0.15, 0.2) is 0 Å². The summed E-state index contributed by atoms with van der Waals surface area (Å²) in [5.41, 5.74) is 7.69. The number of nitrogens with zero attached hydrogens (tertiary/aromatic N) is 2. The van der Waals surface area contributed by atoms with Crippen molar-refractivity contribution >= 4 is 29.7 Å². The summed E-state index contributed by atoms with van der Waals surface area (Å²) in [4.78, 5) is 23.7. The van der Waals surface area contributed by atoms with Gasteiger partial charge in [-0.15, -0.1) is 0 Å². The standard InChI is InChI=1S/C23H22ClN3O3/c1-15-12-19(14-25-26-22(28)13-17-4-8-20(24)9-5-17)16(2)27(15)21-10-6-18(7-11-21)23(29)30-3/h4-12,14H,13H2,1-3H3,(H,26,28)/b25-14-. The van der Waals surface area contributed by atoms with Crippen molar-refractivity contribution in [2.75, 3.05) is 7.11 Å². The topological polar surface area (TPSA) is 72.7 Å². The van der Waals surface area contributed by atoms with E-state index in [1.165, 1.54) is 7.11 Å². The molecule has 1 amide bonds. The van der Waals surface area contributed by atoms with Crippen molar-refractivity contribution in [2.24, 2.45) is 5.10 Å². The van der Waals surface area contributed by atoms with Crippen LogP contribution in [0.4, 0.5) is 0 Å². The highest BCUT2D eigenvalue weighted by molar-refractivity contribution is 6.30. The number of aromatic nitrogens is 1. The number of hydrogen-bond acceptors (Lipinski definition) is 4. The minimum Gasteiger partial charge on any atom is -0.465 e. The van der Waals surface area contributed by atoms with E-state index < -0.39 is 0 Å². The van der Waals surface area contributed by atoms with Crippen LogP contribution < -0.4 is 5.43 Å². The Morgan fingerprint density at radius 2 is 1.77 bits per heavy atom. The van der Waals surface area contributed by atoms with E-state index in [0.29, 0.717) is 10.6 Å². The fourth-order valence-corrected chi connectivity index (χ4v) is 3.31. The molecular weight excluding hydrogens is 402 g/mol. The molecule has 0 saturated carbocycles. The van der Waals surface area contributed by atoms with Gasteiger partial charge in [0.05, 0.1) is 25.3 Å². The minimum atomic E-state index is -0.371. The van der Waals surface area contributed by atoms with Crippen LogP contribution in [0.2, 0.25) is 5.02 Å². The highest BCUT2D eigenvalue weighted by Crippen LogP contribution is 2.20. The van der Waals surface area contributed by atoms with E-state index in [-0.39, 0.29) is 18.3 Å². The van der Waals surface area contributed by atoms with E-state index in [2.05, 4.69) is 15.1 Å². The monoisotopic (exact) mass is 423 g/mol. The fraction of sp³-hybridized carbons (Fsp3) is 0.174. The molecule has 6 nitrogen and oxygen atoms in total. The van der Waals surface area contributed by atoms with Gasteiger partial charge in [0.25, 0.3) is 0 Å². The number of carbonyl (C=O) groups is 2. The maximum Gasteiger partial charge on any atom is 0.337 e. The van der Waals surface area contributed by atoms with E-state index >= 15 is 0 Å². The molecule has 0 unspecified atom stereocenters. The Kier molecular flexibility index (Phi) is 6.69. The summed E-state index contributed by atoms with van der Waals surface area (Å²) < 4.78 is 6.79. The van der Waals surface area contributed by atoms with E-state index in [1.54, 1.807) is 30.5 Å². The number of hydrazone groups is 1. The molecule has 2 aromatic carbocycles. The van der Waals surface area contributed by atoms with Crippen molar-refractivity contribution < 1.29 is 14.3 Å². The summed E-state index contributed by atoms with van der Waals surface area (Å²) in [6, 6.07) is 16.3. The molecule has 3 aromatic rings. The van der Waals surface area contributed by atoms with Gasteiger partial charge in [-0.25, -0.2) is 10.2 Å². The average molecular weight is 424 g/mol. The number of carbonyl (C=O) groups excluding carboxylic acids is 2. The van der Waals surface area contributed by atoms with Gasteiger partial charge in [-0.05, 0) is 61.9 Å². The molecule has 1 aromatic heterocycles. The van der Waals surface area contributed by atoms with Gasteiger partial charge in [0.1, 0.15) is 0 Å². The molecule has 1 heterocycles. The highest BCUT2D eigenvalue weighted by atomic mass is 35.5. The number of esters is 1. The molecule has 0 saturated heterocycles. The van der Waals surface area contributed by atoms with E-state index in [4.69, 9.17) is 16.3 Å². The van der Waals surface area contributed by atoms with Crippen LogP contribution in [-0.4, -0.2) is 29.8 Å². The third-order valence-corrected chi connectivity index (χ3v) is 4.94. The summed E-state index contributed by atoms with van der Waals surface area (Å²) in [7, 11) is 1.36. The zero-order valence-corrected chi connectivity index (χ0v) is 17.7. The van der Waals surface area contributed by atoms with Gasteiger partial charge in [-0.3, -0.25) is 4.79 Å². The van der Waals surface area contributed by atoms with Crippen LogP contribution in [-0.2, 0) is 16.0 Å². The molecule has 0 atom stereocenters. The van der Waals surface area contributed by atoms with Crippen LogP contribution in [0.3, 0.4) is 0 Å². The maximum atomic E-state index is 12.1. The number of rotatable bonds is 6.